The molecule has 0 aliphatic carbocycles. The van der Waals surface area contributed by atoms with Crippen molar-refractivity contribution in [1.29, 1.82) is 0 Å². The maximum atomic E-state index is 2.53. The lowest BCUT2D eigenvalue weighted by atomic mass is 9.84. The Morgan fingerprint density at radius 1 is 0.185 bits per heavy atom. The van der Waals surface area contributed by atoms with Gasteiger partial charge in [-0.2, -0.15) is 0 Å². The zero-order valence-electron chi connectivity index (χ0n) is 29.3. The normalized spacial score (nSPS) is 12.4. The van der Waals surface area contributed by atoms with Crippen molar-refractivity contribution in [3.8, 4) is 22.3 Å². The zero-order chi connectivity index (χ0) is 35.1. The van der Waals surface area contributed by atoms with E-state index in [1.54, 1.807) is 0 Å². The first-order valence-corrected chi connectivity index (χ1v) is 18.9. The highest BCUT2D eigenvalue weighted by atomic mass is 14.3. The summed E-state index contributed by atoms with van der Waals surface area (Å²) in [6.07, 6.45) is 0. The van der Waals surface area contributed by atoms with Gasteiger partial charge in [0.2, 0.25) is 0 Å². The first kappa shape index (κ1) is 28.6. The molecule has 0 amide bonds. The van der Waals surface area contributed by atoms with Crippen molar-refractivity contribution in [2.24, 2.45) is 0 Å². The SMILES string of the molecule is c1ccc(-c2c3cc4c5ccccc5c5cccc(c3c(-c3ccccc3)c3c6cccc7c8c(ccc9c%10ccccc%10ccc98)cc(c23)c67)c54)cc1. The van der Waals surface area contributed by atoms with E-state index in [9.17, 15) is 0 Å². The second-order valence-electron chi connectivity index (χ2n) is 15.1. The van der Waals surface area contributed by atoms with Crippen molar-refractivity contribution < 1.29 is 0 Å². The Morgan fingerprint density at radius 2 is 0.667 bits per heavy atom. The highest BCUT2D eigenvalue weighted by Crippen LogP contribution is 2.55. The lowest BCUT2D eigenvalue weighted by molar-refractivity contribution is 1.68. The van der Waals surface area contributed by atoms with Crippen LogP contribution in [0, 0.1) is 0 Å². The fourth-order valence-electron chi connectivity index (χ4n) is 10.4. The molecule has 0 aliphatic heterocycles. The third-order valence-corrected chi connectivity index (χ3v) is 12.5. The van der Waals surface area contributed by atoms with Crippen LogP contribution >= 0.6 is 0 Å². The molecular weight excluding hydrogens is 649 g/mol. The summed E-state index contributed by atoms with van der Waals surface area (Å²) in [4.78, 5) is 0. The van der Waals surface area contributed by atoms with E-state index in [0.29, 0.717) is 0 Å². The van der Waals surface area contributed by atoms with Crippen LogP contribution in [0.1, 0.15) is 0 Å². The van der Waals surface area contributed by atoms with Gasteiger partial charge in [0.25, 0.3) is 0 Å². The standard InChI is InChI=1S/C54H30/c1-3-14-32(15-4-1)48-46-30-44-37-20-10-9-19-36(37)39-21-11-23-42(50(39)44)52(46)49(33-16-5-2-6-17-33)53-43-24-12-22-41-47-34(29-45(51(41)43)54(48)53)26-27-38-35-18-8-7-13-31(35)25-28-40(38)47/h1-30H. The van der Waals surface area contributed by atoms with E-state index >= 15 is 0 Å². The summed E-state index contributed by atoms with van der Waals surface area (Å²) in [5.74, 6) is 0. The smallest absolute Gasteiger partial charge is 0.000718 e. The Labute approximate surface area is 310 Å². The summed E-state index contributed by atoms with van der Waals surface area (Å²) in [5.41, 5.74) is 5.14. The molecule has 0 heterocycles. The number of hydrogen-bond donors (Lipinski definition) is 0. The lowest BCUT2D eigenvalue weighted by Gasteiger charge is -2.19. The summed E-state index contributed by atoms with van der Waals surface area (Å²) in [5, 5.41) is 26.4. The molecule has 0 unspecified atom stereocenters. The van der Waals surface area contributed by atoms with Crippen LogP contribution in [-0.4, -0.2) is 0 Å². The van der Waals surface area contributed by atoms with Gasteiger partial charge in [-0.1, -0.05) is 170 Å². The molecule has 13 aromatic rings. The van der Waals surface area contributed by atoms with Gasteiger partial charge in [0, 0.05) is 0 Å². The van der Waals surface area contributed by atoms with Gasteiger partial charge in [-0.25, -0.2) is 0 Å². The molecule has 54 heavy (non-hydrogen) atoms. The van der Waals surface area contributed by atoms with Crippen LogP contribution in [0.15, 0.2) is 182 Å². The van der Waals surface area contributed by atoms with Gasteiger partial charge < -0.3 is 0 Å². The first-order valence-electron chi connectivity index (χ1n) is 18.9. The minimum atomic E-state index is 1.25. The summed E-state index contributed by atoms with van der Waals surface area (Å²) >= 11 is 0. The average Bonchev–Trinajstić information content (AvgIpc) is 3.74. The summed E-state index contributed by atoms with van der Waals surface area (Å²) in [7, 11) is 0. The second-order valence-corrected chi connectivity index (χ2v) is 15.1. The van der Waals surface area contributed by atoms with Gasteiger partial charge in [0.1, 0.15) is 0 Å². The molecule has 0 aromatic heterocycles. The predicted molar refractivity (Wildman–Crippen MR) is 235 cm³/mol. The molecule has 0 nitrogen and oxygen atoms in total. The van der Waals surface area contributed by atoms with Crippen LogP contribution in [0.25, 0.3) is 130 Å². The van der Waals surface area contributed by atoms with Gasteiger partial charge in [0.15, 0.2) is 0 Å². The molecule has 0 heteroatoms. The van der Waals surface area contributed by atoms with Crippen molar-refractivity contribution in [3.05, 3.63) is 182 Å². The Bertz CT molecular complexity index is 3690. The van der Waals surface area contributed by atoms with Gasteiger partial charge >= 0.3 is 0 Å². The molecule has 13 rings (SSSR count). The van der Waals surface area contributed by atoms with Crippen molar-refractivity contribution >= 4 is 108 Å². The maximum absolute atomic E-state index is 2.53. The van der Waals surface area contributed by atoms with Crippen molar-refractivity contribution in [3.63, 3.8) is 0 Å². The van der Waals surface area contributed by atoms with Gasteiger partial charge in [-0.3, -0.25) is 0 Å². The Balaban J connectivity index is 1.35. The fourth-order valence-corrected chi connectivity index (χ4v) is 10.4. The highest BCUT2D eigenvalue weighted by molar-refractivity contribution is 6.46. The third kappa shape index (κ3) is 3.53. The molecular formula is C54H30. The van der Waals surface area contributed by atoms with E-state index < -0.39 is 0 Å². The Hall–Kier alpha value is -7.02. The van der Waals surface area contributed by atoms with Crippen LogP contribution < -0.4 is 0 Å². The van der Waals surface area contributed by atoms with E-state index in [1.807, 2.05) is 0 Å². The largest absolute Gasteiger partial charge is 0.0622 e. The minimum Gasteiger partial charge on any atom is -0.0622 e. The third-order valence-electron chi connectivity index (χ3n) is 12.5. The number of benzene rings is 11. The average molecular weight is 679 g/mol. The highest BCUT2D eigenvalue weighted by Gasteiger charge is 2.27. The van der Waals surface area contributed by atoms with E-state index in [2.05, 4.69) is 182 Å². The topological polar surface area (TPSA) is 0 Å². The molecule has 13 aromatic carbocycles. The summed E-state index contributed by atoms with van der Waals surface area (Å²) < 4.78 is 0. The molecule has 0 N–H and O–H groups in total. The van der Waals surface area contributed by atoms with Crippen LogP contribution in [0.3, 0.4) is 0 Å². The molecule has 0 saturated heterocycles. The molecule has 0 radical (unpaired) electrons. The maximum Gasteiger partial charge on any atom is -0.000718 e. The zero-order valence-corrected chi connectivity index (χ0v) is 29.3. The first-order chi connectivity index (χ1) is 26.8. The van der Waals surface area contributed by atoms with Gasteiger partial charge in [-0.15, -0.1) is 0 Å². The Kier molecular flexibility index (Phi) is 5.45. The number of hydrogen-bond acceptors (Lipinski definition) is 0. The predicted octanol–water partition coefficient (Wildman–Crippen LogP) is 15.4. The van der Waals surface area contributed by atoms with Crippen LogP contribution in [0.4, 0.5) is 0 Å². The quantitative estimate of drug-likeness (QED) is 0.160. The molecule has 0 saturated carbocycles. The fraction of sp³-hybridized carbons (Fsp3) is 0. The monoisotopic (exact) mass is 678 g/mol. The van der Waals surface area contributed by atoms with Crippen molar-refractivity contribution in [1.82, 2.24) is 0 Å². The van der Waals surface area contributed by atoms with Crippen LogP contribution in [0.2, 0.25) is 0 Å². The number of fused-ring (bicyclic) bond motifs is 14. The molecule has 0 bridgehead atoms. The molecule has 0 aliphatic rings. The summed E-state index contributed by atoms with van der Waals surface area (Å²) in [6.45, 7) is 0. The summed E-state index contributed by atoms with van der Waals surface area (Å²) in [6, 6.07) is 68.4. The minimum absolute atomic E-state index is 1.25. The molecule has 246 valence electrons. The van der Waals surface area contributed by atoms with Gasteiger partial charge in [0.05, 0.1) is 0 Å². The van der Waals surface area contributed by atoms with E-state index in [4.69, 9.17) is 0 Å². The van der Waals surface area contributed by atoms with Gasteiger partial charge in [-0.05, 0) is 142 Å². The van der Waals surface area contributed by atoms with E-state index in [1.165, 1.54) is 130 Å². The van der Waals surface area contributed by atoms with E-state index in [-0.39, 0.29) is 0 Å². The van der Waals surface area contributed by atoms with E-state index in [0.717, 1.165) is 0 Å². The molecule has 0 spiro atoms. The molecule has 0 fully saturated rings. The second kappa shape index (κ2) is 10.3. The Morgan fingerprint density at radius 3 is 1.43 bits per heavy atom. The van der Waals surface area contributed by atoms with Crippen molar-refractivity contribution in [2.75, 3.05) is 0 Å². The van der Waals surface area contributed by atoms with Crippen LogP contribution in [0.5, 0.6) is 0 Å². The molecule has 0 atom stereocenters. The van der Waals surface area contributed by atoms with Crippen molar-refractivity contribution in [2.45, 2.75) is 0 Å². The lowest BCUT2D eigenvalue weighted by Crippen LogP contribution is -1.91. The number of rotatable bonds is 2. The van der Waals surface area contributed by atoms with Crippen LogP contribution in [-0.2, 0) is 0 Å².